The van der Waals surface area contributed by atoms with Crippen molar-refractivity contribution in [2.75, 3.05) is 18.4 Å². The summed E-state index contributed by atoms with van der Waals surface area (Å²) in [6.45, 7) is 2.91. The Morgan fingerprint density at radius 2 is 2.06 bits per heavy atom. The van der Waals surface area contributed by atoms with Crippen LogP contribution in [-0.4, -0.2) is 25.0 Å². The van der Waals surface area contributed by atoms with E-state index in [0.717, 1.165) is 5.69 Å². The maximum absolute atomic E-state index is 11.1. The highest BCUT2D eigenvalue weighted by Crippen LogP contribution is 2.03. The fourth-order valence-electron chi connectivity index (χ4n) is 1.27. The normalized spacial score (nSPS) is 11.0. The predicted molar refractivity (Wildman–Crippen MR) is 69.9 cm³/mol. The molecule has 0 unspecified atom stereocenters. The zero-order chi connectivity index (χ0) is 12.5. The molecule has 0 spiro atoms. The molecule has 0 aromatic heterocycles. The van der Waals surface area contributed by atoms with Crippen LogP contribution in [-0.2, 0) is 4.79 Å². The van der Waals surface area contributed by atoms with E-state index >= 15 is 0 Å². The number of benzene rings is 1. The van der Waals surface area contributed by atoms with E-state index in [2.05, 4.69) is 15.6 Å². The number of aliphatic imine (C=N–C) groups is 1. The number of carbonyl (C=O) groups is 1. The van der Waals surface area contributed by atoms with Gasteiger partial charge >= 0.3 is 0 Å². The number of rotatable bonds is 5. The molecule has 1 rings (SSSR count). The van der Waals surface area contributed by atoms with Gasteiger partial charge in [-0.2, -0.15) is 0 Å². The van der Waals surface area contributed by atoms with Crippen LogP contribution >= 0.6 is 0 Å². The van der Waals surface area contributed by atoms with Crippen molar-refractivity contribution in [3.05, 3.63) is 30.3 Å². The van der Waals surface area contributed by atoms with Crippen LogP contribution in [0.4, 0.5) is 5.69 Å². The standard InChI is InChI=1S/C12H18N4O/c1-2-14-11(17)8-9-15-12(13)16-10-6-4-3-5-7-10/h3-7H,2,8-9H2,1H3,(H,14,17)(H3,13,15,16). The summed E-state index contributed by atoms with van der Waals surface area (Å²) in [6.07, 6.45) is 0.352. The average molecular weight is 234 g/mol. The minimum Gasteiger partial charge on any atom is -0.370 e. The van der Waals surface area contributed by atoms with Crippen LogP contribution in [0.25, 0.3) is 0 Å². The molecular formula is C12H18N4O. The van der Waals surface area contributed by atoms with E-state index in [4.69, 9.17) is 5.73 Å². The van der Waals surface area contributed by atoms with Crippen molar-refractivity contribution in [1.82, 2.24) is 5.32 Å². The van der Waals surface area contributed by atoms with Crippen LogP contribution in [0.5, 0.6) is 0 Å². The monoisotopic (exact) mass is 234 g/mol. The van der Waals surface area contributed by atoms with Gasteiger partial charge in [-0.25, -0.2) is 0 Å². The molecule has 0 saturated heterocycles. The van der Waals surface area contributed by atoms with Gasteiger partial charge in [0, 0.05) is 18.7 Å². The lowest BCUT2D eigenvalue weighted by molar-refractivity contribution is -0.120. The quantitative estimate of drug-likeness (QED) is 0.524. The summed E-state index contributed by atoms with van der Waals surface area (Å²) in [7, 11) is 0. The third-order valence-corrected chi connectivity index (χ3v) is 2.04. The summed E-state index contributed by atoms with van der Waals surface area (Å²) in [5, 5.41) is 5.64. The second-order valence-electron chi connectivity index (χ2n) is 3.46. The highest BCUT2D eigenvalue weighted by atomic mass is 16.1. The molecule has 92 valence electrons. The van der Waals surface area contributed by atoms with Crippen LogP contribution < -0.4 is 16.4 Å². The van der Waals surface area contributed by atoms with Crippen molar-refractivity contribution in [1.29, 1.82) is 0 Å². The van der Waals surface area contributed by atoms with Gasteiger partial charge in [0.05, 0.1) is 6.54 Å². The Hall–Kier alpha value is -2.04. The molecule has 1 amide bonds. The first-order valence-corrected chi connectivity index (χ1v) is 5.61. The fraction of sp³-hybridized carbons (Fsp3) is 0.333. The van der Waals surface area contributed by atoms with Gasteiger partial charge in [0.2, 0.25) is 5.91 Å². The van der Waals surface area contributed by atoms with Gasteiger partial charge in [-0.15, -0.1) is 0 Å². The number of nitrogens with zero attached hydrogens (tertiary/aromatic N) is 1. The van der Waals surface area contributed by atoms with Crippen molar-refractivity contribution >= 4 is 17.6 Å². The summed E-state index contributed by atoms with van der Waals surface area (Å²) in [5.74, 6) is 0.309. The van der Waals surface area contributed by atoms with E-state index in [-0.39, 0.29) is 5.91 Å². The van der Waals surface area contributed by atoms with Crippen molar-refractivity contribution < 1.29 is 4.79 Å². The molecule has 0 aliphatic rings. The lowest BCUT2D eigenvalue weighted by atomic mass is 10.3. The maximum atomic E-state index is 11.1. The third-order valence-electron chi connectivity index (χ3n) is 2.04. The zero-order valence-electron chi connectivity index (χ0n) is 9.94. The lowest BCUT2D eigenvalue weighted by Gasteiger charge is -2.05. The first kappa shape index (κ1) is 13.0. The Balaban J connectivity index is 2.33. The summed E-state index contributed by atoms with van der Waals surface area (Å²) in [4.78, 5) is 15.2. The molecule has 1 aromatic carbocycles. The van der Waals surface area contributed by atoms with Crippen molar-refractivity contribution in [3.8, 4) is 0 Å². The van der Waals surface area contributed by atoms with Crippen molar-refractivity contribution in [3.63, 3.8) is 0 Å². The van der Waals surface area contributed by atoms with Crippen LogP contribution in [0.1, 0.15) is 13.3 Å². The Bertz CT molecular complexity index is 375. The molecule has 5 nitrogen and oxygen atoms in total. The summed E-state index contributed by atoms with van der Waals surface area (Å²) in [5.41, 5.74) is 6.55. The Morgan fingerprint density at radius 3 is 2.71 bits per heavy atom. The Morgan fingerprint density at radius 1 is 1.35 bits per heavy atom. The number of nitrogens with one attached hydrogen (secondary N) is 2. The lowest BCUT2D eigenvalue weighted by Crippen LogP contribution is -2.25. The van der Waals surface area contributed by atoms with E-state index in [0.29, 0.717) is 25.5 Å². The van der Waals surface area contributed by atoms with Gasteiger partial charge in [0.15, 0.2) is 5.96 Å². The molecule has 5 heteroatoms. The molecule has 0 atom stereocenters. The van der Waals surface area contributed by atoms with Gasteiger partial charge < -0.3 is 16.4 Å². The molecule has 0 radical (unpaired) electrons. The molecule has 4 N–H and O–H groups in total. The van der Waals surface area contributed by atoms with Gasteiger partial charge in [-0.1, -0.05) is 18.2 Å². The predicted octanol–water partition coefficient (Wildman–Crippen LogP) is 0.939. The summed E-state index contributed by atoms with van der Waals surface area (Å²) in [6, 6.07) is 9.53. The van der Waals surface area contributed by atoms with E-state index in [1.165, 1.54) is 0 Å². The van der Waals surface area contributed by atoms with Crippen LogP contribution in [0.2, 0.25) is 0 Å². The minimum atomic E-state index is -0.0104. The molecule has 0 heterocycles. The number of carbonyl (C=O) groups excluding carboxylic acids is 1. The highest BCUT2D eigenvalue weighted by Gasteiger charge is 1.98. The summed E-state index contributed by atoms with van der Waals surface area (Å²) < 4.78 is 0. The van der Waals surface area contributed by atoms with Gasteiger partial charge in [-0.05, 0) is 19.1 Å². The molecular weight excluding hydrogens is 216 g/mol. The second kappa shape index (κ2) is 7.27. The van der Waals surface area contributed by atoms with Gasteiger partial charge in [-0.3, -0.25) is 9.79 Å². The summed E-state index contributed by atoms with van der Waals surface area (Å²) >= 11 is 0. The molecule has 17 heavy (non-hydrogen) atoms. The van der Waals surface area contributed by atoms with E-state index < -0.39 is 0 Å². The Kier molecular flexibility index (Phi) is 5.57. The topological polar surface area (TPSA) is 79.5 Å². The third kappa shape index (κ3) is 5.55. The van der Waals surface area contributed by atoms with E-state index in [1.54, 1.807) is 0 Å². The molecule has 0 aliphatic carbocycles. The molecule has 0 aliphatic heterocycles. The van der Waals surface area contributed by atoms with Crippen molar-refractivity contribution in [2.24, 2.45) is 10.7 Å². The Labute approximate surface area is 101 Å². The number of para-hydroxylation sites is 1. The first-order valence-electron chi connectivity index (χ1n) is 5.61. The number of nitrogens with two attached hydrogens (primary N) is 1. The largest absolute Gasteiger partial charge is 0.370 e. The molecule has 0 fully saturated rings. The second-order valence-corrected chi connectivity index (χ2v) is 3.46. The van der Waals surface area contributed by atoms with Gasteiger partial charge in [0.1, 0.15) is 0 Å². The number of hydrogen-bond acceptors (Lipinski definition) is 2. The maximum Gasteiger partial charge on any atom is 0.221 e. The van der Waals surface area contributed by atoms with Gasteiger partial charge in [0.25, 0.3) is 0 Å². The van der Waals surface area contributed by atoms with Crippen LogP contribution in [0.3, 0.4) is 0 Å². The van der Waals surface area contributed by atoms with Crippen molar-refractivity contribution in [2.45, 2.75) is 13.3 Å². The minimum absolute atomic E-state index is 0.0104. The van der Waals surface area contributed by atoms with Crippen LogP contribution in [0, 0.1) is 0 Å². The zero-order valence-corrected chi connectivity index (χ0v) is 9.94. The average Bonchev–Trinajstić information content (AvgIpc) is 2.30. The SMILES string of the molecule is CCNC(=O)CCN=C(N)Nc1ccccc1. The number of anilines is 1. The molecule has 1 aromatic rings. The first-order chi connectivity index (χ1) is 8.22. The highest BCUT2D eigenvalue weighted by molar-refractivity contribution is 5.92. The van der Waals surface area contributed by atoms with E-state index in [9.17, 15) is 4.79 Å². The fourth-order valence-corrected chi connectivity index (χ4v) is 1.27. The molecule has 0 bridgehead atoms. The van der Waals surface area contributed by atoms with E-state index in [1.807, 2.05) is 37.3 Å². The molecule has 0 saturated carbocycles. The van der Waals surface area contributed by atoms with Crippen LogP contribution in [0.15, 0.2) is 35.3 Å². The number of amides is 1. The number of guanidine groups is 1. The smallest absolute Gasteiger partial charge is 0.221 e. The number of hydrogen-bond donors (Lipinski definition) is 3.